The van der Waals surface area contributed by atoms with Crippen LogP contribution >= 0.6 is 0 Å². The Morgan fingerprint density at radius 1 is 0.944 bits per heavy atom. The Balaban J connectivity index is 1.49. The summed E-state index contributed by atoms with van der Waals surface area (Å²) in [7, 11) is 0. The molecule has 0 spiro atoms. The molecule has 1 fully saturated rings. The average molecular weight is 508 g/mol. The molecule has 0 aliphatic carbocycles. The fraction of sp³-hybridized carbons (Fsp3) is 0.320. The molecule has 36 heavy (non-hydrogen) atoms. The molecule has 2 aromatic carbocycles. The minimum absolute atomic E-state index is 0.0251. The van der Waals surface area contributed by atoms with E-state index in [2.05, 4.69) is 15.5 Å². The molecular weight excluding hydrogens is 486 g/mol. The van der Waals surface area contributed by atoms with E-state index in [4.69, 9.17) is 0 Å². The van der Waals surface area contributed by atoms with Crippen LogP contribution in [-0.2, 0) is 17.1 Å². The number of halogens is 6. The van der Waals surface area contributed by atoms with Crippen molar-refractivity contribution < 1.29 is 31.1 Å². The molecule has 11 heteroatoms. The fourth-order valence-corrected chi connectivity index (χ4v) is 4.17. The second kappa shape index (κ2) is 9.79. The van der Waals surface area contributed by atoms with Crippen LogP contribution < -0.4 is 10.2 Å². The van der Waals surface area contributed by atoms with Gasteiger partial charge in [-0.25, -0.2) is 0 Å². The summed E-state index contributed by atoms with van der Waals surface area (Å²) in [5, 5.41) is 10.8. The molecule has 1 unspecified atom stereocenters. The SMILES string of the molecule is Cc1ccccc1-c1ccc(N2CCCC(C(=O)Nc3cc(C(F)(F)F)cc(C(F)(F)F)c3)C2)nn1. The number of anilines is 2. The van der Waals surface area contributed by atoms with Gasteiger partial charge >= 0.3 is 12.4 Å². The van der Waals surface area contributed by atoms with Crippen LogP contribution in [0.25, 0.3) is 11.3 Å². The summed E-state index contributed by atoms with van der Waals surface area (Å²) in [4.78, 5) is 14.6. The van der Waals surface area contributed by atoms with Crippen LogP contribution in [0.1, 0.15) is 29.5 Å². The molecular formula is C25H22F6N4O. The van der Waals surface area contributed by atoms with Gasteiger partial charge in [0.15, 0.2) is 5.82 Å². The molecule has 0 saturated carbocycles. The molecule has 4 rings (SSSR count). The first kappa shape index (κ1) is 25.5. The Bertz CT molecular complexity index is 1210. The van der Waals surface area contributed by atoms with Crippen LogP contribution in [0, 0.1) is 12.8 Å². The molecule has 1 aliphatic heterocycles. The predicted octanol–water partition coefficient (Wildman–Crippen LogP) is 6.34. The lowest BCUT2D eigenvalue weighted by atomic mass is 9.96. The van der Waals surface area contributed by atoms with Crippen molar-refractivity contribution in [1.82, 2.24) is 10.2 Å². The number of hydrogen-bond donors (Lipinski definition) is 1. The van der Waals surface area contributed by atoms with Crippen molar-refractivity contribution in [3.8, 4) is 11.3 Å². The minimum Gasteiger partial charge on any atom is -0.354 e. The van der Waals surface area contributed by atoms with Crippen molar-refractivity contribution in [2.45, 2.75) is 32.1 Å². The number of alkyl halides is 6. The summed E-state index contributed by atoms with van der Waals surface area (Å²) in [6, 6.07) is 12.3. The monoisotopic (exact) mass is 508 g/mol. The molecule has 1 atom stereocenters. The van der Waals surface area contributed by atoms with Gasteiger partial charge in [0.2, 0.25) is 5.91 Å². The van der Waals surface area contributed by atoms with E-state index in [1.807, 2.05) is 42.2 Å². The lowest BCUT2D eigenvalue weighted by Gasteiger charge is -2.32. The van der Waals surface area contributed by atoms with Gasteiger partial charge in [-0.1, -0.05) is 24.3 Å². The normalized spacial score (nSPS) is 16.6. The van der Waals surface area contributed by atoms with Gasteiger partial charge in [0.1, 0.15) is 0 Å². The molecule has 0 radical (unpaired) electrons. The van der Waals surface area contributed by atoms with E-state index in [9.17, 15) is 31.1 Å². The van der Waals surface area contributed by atoms with Crippen LogP contribution in [-0.4, -0.2) is 29.2 Å². The van der Waals surface area contributed by atoms with Crippen LogP contribution in [0.4, 0.5) is 37.8 Å². The Hall–Kier alpha value is -3.63. The number of carbonyl (C=O) groups is 1. The van der Waals surface area contributed by atoms with Gasteiger partial charge in [0, 0.05) is 24.3 Å². The highest BCUT2D eigenvalue weighted by Gasteiger charge is 2.37. The first-order valence-corrected chi connectivity index (χ1v) is 11.2. The molecule has 0 bridgehead atoms. The summed E-state index contributed by atoms with van der Waals surface area (Å²) < 4.78 is 78.8. The summed E-state index contributed by atoms with van der Waals surface area (Å²) >= 11 is 0. The number of benzene rings is 2. The quantitative estimate of drug-likeness (QED) is 0.418. The second-order valence-electron chi connectivity index (χ2n) is 8.66. The largest absolute Gasteiger partial charge is 0.416 e. The zero-order valence-electron chi connectivity index (χ0n) is 19.1. The number of piperidine rings is 1. The number of amides is 1. The fourth-order valence-electron chi connectivity index (χ4n) is 4.17. The number of nitrogens with zero attached hydrogens (tertiary/aromatic N) is 3. The van der Waals surface area contributed by atoms with Gasteiger partial charge in [-0.3, -0.25) is 4.79 Å². The zero-order valence-corrected chi connectivity index (χ0v) is 19.1. The third-order valence-electron chi connectivity index (χ3n) is 6.04. The number of aryl methyl sites for hydroxylation is 1. The number of aromatic nitrogens is 2. The Kier molecular flexibility index (Phi) is 6.92. The van der Waals surface area contributed by atoms with Gasteiger partial charge in [-0.2, -0.15) is 26.3 Å². The lowest BCUT2D eigenvalue weighted by Crippen LogP contribution is -2.41. The van der Waals surface area contributed by atoms with Gasteiger partial charge in [0.05, 0.1) is 22.7 Å². The summed E-state index contributed by atoms with van der Waals surface area (Å²) in [5.74, 6) is -0.777. The van der Waals surface area contributed by atoms with Crippen LogP contribution in [0.15, 0.2) is 54.6 Å². The highest BCUT2D eigenvalue weighted by molar-refractivity contribution is 5.93. The third-order valence-corrected chi connectivity index (χ3v) is 6.04. The minimum atomic E-state index is -4.99. The molecule has 1 saturated heterocycles. The van der Waals surface area contributed by atoms with Crippen molar-refractivity contribution in [3.05, 3.63) is 71.3 Å². The molecule has 1 amide bonds. The molecule has 1 aliphatic rings. The van der Waals surface area contributed by atoms with Gasteiger partial charge in [0.25, 0.3) is 0 Å². The molecule has 5 nitrogen and oxygen atoms in total. The third kappa shape index (κ3) is 5.77. The Morgan fingerprint density at radius 2 is 1.61 bits per heavy atom. The number of nitrogens with one attached hydrogen (secondary N) is 1. The number of hydrogen-bond acceptors (Lipinski definition) is 4. The highest BCUT2D eigenvalue weighted by Crippen LogP contribution is 2.38. The Labute approximate surface area is 203 Å². The second-order valence-corrected chi connectivity index (χ2v) is 8.66. The van der Waals surface area contributed by atoms with Crippen molar-refractivity contribution in [3.63, 3.8) is 0 Å². The van der Waals surface area contributed by atoms with E-state index >= 15 is 0 Å². The van der Waals surface area contributed by atoms with E-state index in [-0.39, 0.29) is 12.6 Å². The average Bonchev–Trinajstić information content (AvgIpc) is 2.83. The van der Waals surface area contributed by atoms with Gasteiger partial charge in [-0.05, 0) is 55.7 Å². The first-order valence-electron chi connectivity index (χ1n) is 11.2. The van der Waals surface area contributed by atoms with Crippen molar-refractivity contribution in [2.24, 2.45) is 5.92 Å². The first-order chi connectivity index (χ1) is 16.9. The predicted molar refractivity (Wildman–Crippen MR) is 122 cm³/mol. The molecule has 1 N–H and O–H groups in total. The molecule has 1 aromatic heterocycles. The number of carbonyl (C=O) groups excluding carboxylic acids is 1. The lowest BCUT2D eigenvalue weighted by molar-refractivity contribution is -0.143. The smallest absolute Gasteiger partial charge is 0.354 e. The highest BCUT2D eigenvalue weighted by atomic mass is 19.4. The topological polar surface area (TPSA) is 58.1 Å². The standard InChI is InChI=1S/C25H22F6N4O/c1-15-5-2-3-7-20(15)21-8-9-22(34-33-21)35-10-4-6-16(14-35)23(36)32-19-12-17(24(26,27)28)11-18(13-19)25(29,30)31/h2-3,5,7-9,11-13,16H,4,6,10,14H2,1H3,(H,32,36). The summed E-state index contributed by atoms with van der Waals surface area (Å²) in [6.45, 7) is 2.75. The maximum Gasteiger partial charge on any atom is 0.416 e. The summed E-state index contributed by atoms with van der Waals surface area (Å²) in [5.41, 5.74) is -0.858. The number of rotatable bonds is 4. The van der Waals surface area contributed by atoms with Crippen LogP contribution in [0.5, 0.6) is 0 Å². The van der Waals surface area contributed by atoms with Crippen LogP contribution in [0.2, 0.25) is 0 Å². The van der Waals surface area contributed by atoms with Gasteiger partial charge < -0.3 is 10.2 Å². The van der Waals surface area contributed by atoms with Gasteiger partial charge in [-0.15, -0.1) is 10.2 Å². The van der Waals surface area contributed by atoms with E-state index in [1.54, 1.807) is 6.07 Å². The van der Waals surface area contributed by atoms with E-state index in [1.165, 1.54) is 0 Å². The van der Waals surface area contributed by atoms with Crippen molar-refractivity contribution >= 4 is 17.4 Å². The van der Waals surface area contributed by atoms with E-state index in [0.717, 1.165) is 11.1 Å². The zero-order chi connectivity index (χ0) is 26.1. The molecule has 2 heterocycles. The maximum absolute atomic E-state index is 13.1. The Morgan fingerprint density at radius 3 is 2.19 bits per heavy atom. The molecule has 190 valence electrons. The van der Waals surface area contributed by atoms with Crippen molar-refractivity contribution in [1.29, 1.82) is 0 Å². The van der Waals surface area contributed by atoms with Crippen LogP contribution in [0.3, 0.4) is 0 Å². The van der Waals surface area contributed by atoms with Crippen molar-refractivity contribution in [2.75, 3.05) is 23.3 Å². The van der Waals surface area contributed by atoms with E-state index < -0.39 is 41.0 Å². The molecule has 3 aromatic rings. The van der Waals surface area contributed by atoms with E-state index in [0.29, 0.717) is 43.0 Å². The maximum atomic E-state index is 13.1. The summed E-state index contributed by atoms with van der Waals surface area (Å²) in [6.07, 6.45) is -8.96.